The highest BCUT2D eigenvalue weighted by Gasteiger charge is 2.21. The Balaban J connectivity index is 0.00000160. The van der Waals surface area contributed by atoms with Gasteiger partial charge in [-0.25, -0.2) is 0 Å². The Morgan fingerprint density at radius 1 is 1.00 bits per heavy atom. The summed E-state index contributed by atoms with van der Waals surface area (Å²) in [5, 5.41) is 11.2. The summed E-state index contributed by atoms with van der Waals surface area (Å²) in [6, 6.07) is 12.4. The topological polar surface area (TPSA) is 35.9 Å². The number of nitrogens with zero attached hydrogens (tertiary/aromatic N) is 2. The second kappa shape index (κ2) is 11.4. The van der Waals surface area contributed by atoms with Crippen molar-refractivity contribution in [2.75, 3.05) is 44.2 Å². The van der Waals surface area contributed by atoms with Crippen molar-refractivity contribution in [1.82, 2.24) is 4.90 Å². The third-order valence-corrected chi connectivity index (χ3v) is 6.10. The number of piperazine rings is 1. The molecule has 7 heteroatoms. The molecule has 1 unspecified atom stereocenters. The molecule has 1 aliphatic heterocycles. The van der Waals surface area contributed by atoms with Crippen LogP contribution in [-0.2, 0) is 12.8 Å². The number of hydrogen-bond donors (Lipinski definition) is 1. The molecule has 0 aromatic heterocycles. The molecule has 0 radical (unpaired) electrons. The molecule has 0 spiro atoms. The first-order chi connectivity index (χ1) is 13.6. The molecule has 4 nitrogen and oxygen atoms in total. The van der Waals surface area contributed by atoms with Crippen molar-refractivity contribution in [3.8, 4) is 5.75 Å². The van der Waals surface area contributed by atoms with E-state index >= 15 is 0 Å². The fourth-order valence-corrected chi connectivity index (χ4v) is 4.44. The van der Waals surface area contributed by atoms with Crippen molar-refractivity contribution < 1.29 is 9.84 Å². The Bertz CT molecular complexity index is 826. The zero-order chi connectivity index (χ0) is 19.5. The zero-order valence-corrected chi connectivity index (χ0v) is 19.7. The van der Waals surface area contributed by atoms with E-state index in [1.54, 1.807) is 0 Å². The maximum atomic E-state index is 10.4. The van der Waals surface area contributed by atoms with Gasteiger partial charge in [0.2, 0.25) is 0 Å². The quantitative estimate of drug-likeness (QED) is 0.668. The smallest absolute Gasteiger partial charge is 0.119 e. The predicted octanol–water partition coefficient (Wildman–Crippen LogP) is 4.54. The van der Waals surface area contributed by atoms with Gasteiger partial charge in [-0.1, -0.05) is 23.7 Å². The second-order valence-corrected chi connectivity index (χ2v) is 8.40. The van der Waals surface area contributed by atoms with Gasteiger partial charge in [-0.3, -0.25) is 4.90 Å². The molecule has 0 amide bonds. The lowest BCUT2D eigenvalue weighted by molar-refractivity contribution is 0.0663. The van der Waals surface area contributed by atoms with Crippen molar-refractivity contribution in [2.24, 2.45) is 0 Å². The molecule has 1 aliphatic carbocycles. The van der Waals surface area contributed by atoms with E-state index in [0.29, 0.717) is 13.2 Å². The summed E-state index contributed by atoms with van der Waals surface area (Å²) in [7, 11) is 0. The minimum absolute atomic E-state index is 0. The SMILES string of the molecule is Cc1ccc(Cl)cc1N1CCN(CC(O)COc2ccc3c(c2)CCC3)CC1.Cl.Cl. The highest BCUT2D eigenvalue weighted by Crippen LogP contribution is 2.27. The zero-order valence-electron chi connectivity index (χ0n) is 17.3. The van der Waals surface area contributed by atoms with Crippen LogP contribution in [0.1, 0.15) is 23.1 Å². The van der Waals surface area contributed by atoms with Gasteiger partial charge in [-0.2, -0.15) is 0 Å². The van der Waals surface area contributed by atoms with Gasteiger partial charge in [0, 0.05) is 43.4 Å². The van der Waals surface area contributed by atoms with Crippen LogP contribution in [0.4, 0.5) is 5.69 Å². The van der Waals surface area contributed by atoms with E-state index in [1.807, 2.05) is 18.2 Å². The summed E-state index contributed by atoms with van der Waals surface area (Å²) < 4.78 is 5.85. The van der Waals surface area contributed by atoms with Crippen LogP contribution in [0, 0.1) is 6.92 Å². The molecule has 30 heavy (non-hydrogen) atoms. The average Bonchev–Trinajstić information content (AvgIpc) is 3.17. The maximum absolute atomic E-state index is 10.4. The van der Waals surface area contributed by atoms with Gasteiger partial charge >= 0.3 is 0 Å². The first-order valence-electron chi connectivity index (χ1n) is 10.2. The maximum Gasteiger partial charge on any atom is 0.119 e. The first-order valence-corrected chi connectivity index (χ1v) is 10.6. The summed E-state index contributed by atoms with van der Waals surface area (Å²) in [4.78, 5) is 4.69. The van der Waals surface area contributed by atoms with Crippen LogP contribution in [0.2, 0.25) is 5.02 Å². The number of halogens is 3. The van der Waals surface area contributed by atoms with Crippen LogP contribution in [-0.4, -0.2) is 55.4 Å². The Morgan fingerprint density at radius 2 is 1.73 bits per heavy atom. The molecule has 0 bridgehead atoms. The molecule has 0 saturated carbocycles. The first kappa shape index (κ1) is 25.1. The minimum Gasteiger partial charge on any atom is -0.491 e. The van der Waals surface area contributed by atoms with Crippen molar-refractivity contribution in [3.63, 3.8) is 0 Å². The summed E-state index contributed by atoms with van der Waals surface area (Å²) >= 11 is 6.17. The van der Waals surface area contributed by atoms with Gasteiger partial charge in [0.25, 0.3) is 0 Å². The largest absolute Gasteiger partial charge is 0.491 e. The lowest BCUT2D eigenvalue weighted by Crippen LogP contribution is -2.49. The number of anilines is 1. The second-order valence-electron chi connectivity index (χ2n) is 7.97. The number of aryl methyl sites for hydroxylation is 3. The van der Waals surface area contributed by atoms with Gasteiger partial charge in [-0.15, -0.1) is 24.8 Å². The highest BCUT2D eigenvalue weighted by molar-refractivity contribution is 6.30. The highest BCUT2D eigenvalue weighted by atomic mass is 35.5. The third-order valence-electron chi connectivity index (χ3n) is 5.87. The Labute approximate surface area is 197 Å². The Morgan fingerprint density at radius 3 is 2.50 bits per heavy atom. The number of fused-ring (bicyclic) bond motifs is 1. The molecule has 2 aromatic carbocycles. The van der Waals surface area contributed by atoms with E-state index in [4.69, 9.17) is 16.3 Å². The molecule has 4 rings (SSSR count). The molecular weight excluding hydrogens is 443 g/mol. The normalized spacial score (nSPS) is 17.0. The number of aliphatic hydroxyl groups excluding tert-OH is 1. The molecule has 1 N–H and O–H groups in total. The summed E-state index contributed by atoms with van der Waals surface area (Å²) in [6.45, 7) is 6.86. The number of benzene rings is 2. The van der Waals surface area contributed by atoms with E-state index in [9.17, 15) is 5.11 Å². The molecule has 1 fully saturated rings. The molecular formula is C23H31Cl3N2O2. The van der Waals surface area contributed by atoms with E-state index in [1.165, 1.54) is 35.2 Å². The summed E-state index contributed by atoms with van der Waals surface area (Å²) in [6.07, 6.45) is 3.08. The van der Waals surface area contributed by atoms with Crippen LogP contribution in [0.3, 0.4) is 0 Å². The van der Waals surface area contributed by atoms with E-state index < -0.39 is 6.10 Å². The Hall–Kier alpha value is -1.17. The van der Waals surface area contributed by atoms with Gasteiger partial charge in [0.15, 0.2) is 0 Å². The fraction of sp³-hybridized carbons (Fsp3) is 0.478. The van der Waals surface area contributed by atoms with Crippen molar-refractivity contribution in [3.05, 3.63) is 58.1 Å². The van der Waals surface area contributed by atoms with E-state index in [-0.39, 0.29) is 24.8 Å². The number of β-amino-alcohol motifs (C(OH)–C–C–N with tert-alkyl or cyclic N) is 1. The van der Waals surface area contributed by atoms with Crippen LogP contribution in [0.5, 0.6) is 5.75 Å². The van der Waals surface area contributed by atoms with Crippen LogP contribution < -0.4 is 9.64 Å². The van der Waals surface area contributed by atoms with Crippen LogP contribution in [0.25, 0.3) is 0 Å². The molecule has 166 valence electrons. The lowest BCUT2D eigenvalue weighted by atomic mass is 10.1. The molecule has 2 aliphatic rings. The van der Waals surface area contributed by atoms with Crippen LogP contribution in [0.15, 0.2) is 36.4 Å². The van der Waals surface area contributed by atoms with Crippen molar-refractivity contribution >= 4 is 42.1 Å². The van der Waals surface area contributed by atoms with Gasteiger partial charge in [0.05, 0.1) is 0 Å². The lowest BCUT2D eigenvalue weighted by Gasteiger charge is -2.37. The van der Waals surface area contributed by atoms with Gasteiger partial charge < -0.3 is 14.7 Å². The van der Waals surface area contributed by atoms with Crippen LogP contribution >= 0.6 is 36.4 Å². The number of rotatable bonds is 6. The average molecular weight is 474 g/mol. The van der Waals surface area contributed by atoms with Crippen molar-refractivity contribution in [2.45, 2.75) is 32.3 Å². The fourth-order valence-electron chi connectivity index (χ4n) is 4.28. The molecule has 2 aromatic rings. The molecule has 1 heterocycles. The van der Waals surface area contributed by atoms with Gasteiger partial charge in [0.1, 0.15) is 18.5 Å². The summed E-state index contributed by atoms with van der Waals surface area (Å²) in [5.74, 6) is 0.876. The van der Waals surface area contributed by atoms with Gasteiger partial charge in [-0.05, 0) is 67.1 Å². The minimum atomic E-state index is -0.479. The molecule has 1 atom stereocenters. The predicted molar refractivity (Wildman–Crippen MR) is 129 cm³/mol. The van der Waals surface area contributed by atoms with Crippen molar-refractivity contribution in [1.29, 1.82) is 0 Å². The summed E-state index contributed by atoms with van der Waals surface area (Å²) in [5.41, 5.74) is 5.31. The third kappa shape index (κ3) is 6.18. The molecule has 1 saturated heterocycles. The van der Waals surface area contributed by atoms with E-state index in [2.05, 4.69) is 34.9 Å². The number of hydrogen-bond acceptors (Lipinski definition) is 4. The Kier molecular flexibility index (Phi) is 9.58. The monoisotopic (exact) mass is 472 g/mol. The standard InChI is InChI=1S/C23H29ClN2O2.2ClH/c1-17-5-7-20(24)14-23(17)26-11-9-25(10-12-26)15-21(27)16-28-22-8-6-18-3-2-4-19(18)13-22;;/h5-8,13-14,21,27H,2-4,9-12,15-16H2,1H3;2*1H. The number of ether oxygens (including phenoxy) is 1. The number of aliphatic hydroxyl groups is 1. The van der Waals surface area contributed by atoms with E-state index in [0.717, 1.165) is 43.4 Å².